The molecular formula is C23H21IN2O5S. The van der Waals surface area contributed by atoms with Crippen LogP contribution in [0.15, 0.2) is 17.7 Å². The highest BCUT2D eigenvalue weighted by Gasteiger charge is 2.23. The Labute approximate surface area is 204 Å². The zero-order chi connectivity index (χ0) is 23.8. The van der Waals surface area contributed by atoms with Crippen LogP contribution in [0.25, 0.3) is 6.08 Å². The Balaban J connectivity index is 2.38. The number of methoxy groups -OCH3 is 1. The summed E-state index contributed by atoms with van der Waals surface area (Å²) in [5, 5.41) is 12.6. The molecule has 32 heavy (non-hydrogen) atoms. The third kappa shape index (κ3) is 5.81. The molecule has 166 valence electrons. The van der Waals surface area contributed by atoms with Gasteiger partial charge in [0, 0.05) is 4.88 Å². The molecule has 2 rings (SSSR count). The zero-order valence-electron chi connectivity index (χ0n) is 18.0. The molecule has 1 amide bonds. The molecule has 0 fully saturated rings. The standard InChI is InChI=1S/C23H21IN2O5S/c1-6-8-31-20-17(24)10-15(11-18(20)29-5)9-16(12-25)21(27)26-22-19(23(28)30-7-2)13(3)14(4)32-22/h1,9-11H,7-8H2,2-5H3,(H,26,27)/b16-9+. The monoisotopic (exact) mass is 564 g/mol. The molecule has 0 saturated heterocycles. The number of thiophene rings is 1. The lowest BCUT2D eigenvalue weighted by Crippen LogP contribution is -2.16. The average molecular weight is 564 g/mol. The van der Waals surface area contributed by atoms with E-state index in [1.807, 2.05) is 13.0 Å². The van der Waals surface area contributed by atoms with Crippen LogP contribution in [0.4, 0.5) is 5.00 Å². The van der Waals surface area contributed by atoms with E-state index < -0.39 is 11.9 Å². The molecule has 0 radical (unpaired) electrons. The van der Waals surface area contributed by atoms with Crippen molar-refractivity contribution in [2.24, 2.45) is 0 Å². The minimum Gasteiger partial charge on any atom is -0.493 e. The molecule has 1 heterocycles. The van der Waals surface area contributed by atoms with Crippen molar-refractivity contribution < 1.29 is 23.8 Å². The normalized spacial score (nSPS) is 10.7. The SMILES string of the molecule is C#CCOc1c(I)cc(/C=C(\C#N)C(=O)Nc2sc(C)c(C)c2C(=O)OCC)cc1OC. The van der Waals surface area contributed by atoms with Crippen molar-refractivity contribution in [1.82, 2.24) is 0 Å². The number of hydrogen-bond donors (Lipinski definition) is 1. The Morgan fingerprint density at radius 1 is 1.34 bits per heavy atom. The maximum absolute atomic E-state index is 12.8. The van der Waals surface area contributed by atoms with Gasteiger partial charge in [0.25, 0.3) is 5.91 Å². The summed E-state index contributed by atoms with van der Waals surface area (Å²) in [6, 6.07) is 5.29. The van der Waals surface area contributed by atoms with E-state index in [2.05, 4.69) is 33.8 Å². The summed E-state index contributed by atoms with van der Waals surface area (Å²) in [5.41, 5.74) is 1.45. The molecule has 7 nitrogen and oxygen atoms in total. The van der Waals surface area contributed by atoms with Crippen LogP contribution in [0, 0.1) is 41.1 Å². The Kier molecular flexibility index (Phi) is 9.12. The summed E-state index contributed by atoms with van der Waals surface area (Å²) in [4.78, 5) is 26.0. The zero-order valence-corrected chi connectivity index (χ0v) is 21.0. The van der Waals surface area contributed by atoms with Gasteiger partial charge in [0.15, 0.2) is 11.5 Å². The van der Waals surface area contributed by atoms with E-state index in [0.717, 1.165) is 10.4 Å². The molecule has 0 aliphatic carbocycles. The number of aryl methyl sites for hydroxylation is 1. The van der Waals surface area contributed by atoms with Gasteiger partial charge in [-0.1, -0.05) is 5.92 Å². The lowest BCUT2D eigenvalue weighted by molar-refractivity contribution is -0.112. The molecule has 0 spiro atoms. The number of terminal acetylenes is 1. The number of carbonyl (C=O) groups is 2. The third-order valence-electron chi connectivity index (χ3n) is 4.32. The number of carbonyl (C=O) groups excluding carboxylic acids is 2. The number of anilines is 1. The number of ether oxygens (including phenoxy) is 3. The number of nitriles is 1. The van der Waals surface area contributed by atoms with Crippen LogP contribution < -0.4 is 14.8 Å². The molecule has 1 N–H and O–H groups in total. The molecular weight excluding hydrogens is 543 g/mol. The van der Waals surface area contributed by atoms with E-state index in [1.54, 1.807) is 26.0 Å². The molecule has 0 unspecified atom stereocenters. The van der Waals surface area contributed by atoms with Crippen LogP contribution >= 0.6 is 33.9 Å². The first-order valence-corrected chi connectivity index (χ1v) is 11.3. The van der Waals surface area contributed by atoms with Gasteiger partial charge in [-0.3, -0.25) is 4.79 Å². The topological polar surface area (TPSA) is 97.7 Å². The van der Waals surface area contributed by atoms with Gasteiger partial charge in [-0.15, -0.1) is 17.8 Å². The number of benzene rings is 1. The molecule has 0 atom stereocenters. The van der Waals surface area contributed by atoms with Gasteiger partial charge >= 0.3 is 5.97 Å². The van der Waals surface area contributed by atoms with E-state index in [1.165, 1.54) is 24.5 Å². The van der Waals surface area contributed by atoms with E-state index in [9.17, 15) is 14.9 Å². The average Bonchev–Trinajstić information content (AvgIpc) is 3.03. The second-order valence-corrected chi connectivity index (χ2v) is 8.75. The molecule has 1 aromatic carbocycles. The van der Waals surface area contributed by atoms with Crippen molar-refractivity contribution in [3.8, 4) is 29.9 Å². The molecule has 9 heteroatoms. The van der Waals surface area contributed by atoms with E-state index in [4.69, 9.17) is 20.6 Å². The minimum absolute atomic E-state index is 0.0792. The van der Waals surface area contributed by atoms with E-state index in [-0.39, 0.29) is 18.8 Å². The third-order valence-corrected chi connectivity index (χ3v) is 6.24. The highest BCUT2D eigenvalue weighted by Crippen LogP contribution is 2.35. The minimum atomic E-state index is -0.638. The summed E-state index contributed by atoms with van der Waals surface area (Å²) >= 11 is 3.31. The number of nitrogens with zero attached hydrogens (tertiary/aromatic N) is 1. The predicted molar refractivity (Wildman–Crippen MR) is 132 cm³/mol. The number of esters is 1. The lowest BCUT2D eigenvalue weighted by Gasteiger charge is -2.12. The first-order valence-electron chi connectivity index (χ1n) is 9.41. The highest BCUT2D eigenvalue weighted by molar-refractivity contribution is 14.1. The molecule has 0 aliphatic rings. The summed E-state index contributed by atoms with van der Waals surface area (Å²) in [5.74, 6) is 2.14. The van der Waals surface area contributed by atoms with Crippen molar-refractivity contribution in [2.75, 3.05) is 25.6 Å². The number of hydrogen-bond acceptors (Lipinski definition) is 7. The number of amides is 1. The molecule has 0 aliphatic heterocycles. The fourth-order valence-electron chi connectivity index (χ4n) is 2.73. The van der Waals surface area contributed by atoms with E-state index in [0.29, 0.717) is 31.2 Å². The van der Waals surface area contributed by atoms with Crippen LogP contribution in [-0.2, 0) is 9.53 Å². The first-order chi connectivity index (χ1) is 15.3. The Hall–Kier alpha value is -3.02. The summed E-state index contributed by atoms with van der Waals surface area (Å²) in [7, 11) is 1.48. The maximum atomic E-state index is 12.8. The van der Waals surface area contributed by atoms with Gasteiger partial charge in [0.05, 0.1) is 22.9 Å². The number of halogens is 1. The molecule has 2 aromatic rings. The largest absolute Gasteiger partial charge is 0.493 e. The first kappa shape index (κ1) is 25.2. The fourth-order valence-corrected chi connectivity index (χ4v) is 4.55. The van der Waals surface area contributed by atoms with Gasteiger partial charge < -0.3 is 19.5 Å². The van der Waals surface area contributed by atoms with Crippen molar-refractivity contribution >= 4 is 56.9 Å². The summed E-state index contributed by atoms with van der Waals surface area (Å²) in [6.07, 6.45) is 6.68. The summed E-state index contributed by atoms with van der Waals surface area (Å²) in [6.45, 7) is 5.63. The van der Waals surface area contributed by atoms with Crippen molar-refractivity contribution in [1.29, 1.82) is 5.26 Å². The summed E-state index contributed by atoms with van der Waals surface area (Å²) < 4.78 is 16.7. The Morgan fingerprint density at radius 3 is 2.66 bits per heavy atom. The second-order valence-electron chi connectivity index (χ2n) is 6.36. The van der Waals surface area contributed by atoms with Gasteiger partial charge in [0.2, 0.25) is 0 Å². The highest BCUT2D eigenvalue weighted by atomic mass is 127. The van der Waals surface area contributed by atoms with Crippen LogP contribution in [0.5, 0.6) is 11.5 Å². The van der Waals surface area contributed by atoms with Gasteiger partial charge in [0.1, 0.15) is 23.3 Å². The molecule has 0 saturated carbocycles. The van der Waals surface area contributed by atoms with Crippen molar-refractivity contribution in [3.05, 3.63) is 42.8 Å². The van der Waals surface area contributed by atoms with Crippen molar-refractivity contribution in [2.45, 2.75) is 20.8 Å². The second kappa shape index (κ2) is 11.6. The lowest BCUT2D eigenvalue weighted by atomic mass is 10.1. The van der Waals surface area contributed by atoms with Gasteiger partial charge in [-0.2, -0.15) is 5.26 Å². The number of rotatable bonds is 8. The van der Waals surface area contributed by atoms with Crippen LogP contribution in [0.3, 0.4) is 0 Å². The molecule has 1 aromatic heterocycles. The Morgan fingerprint density at radius 2 is 2.06 bits per heavy atom. The number of nitrogens with one attached hydrogen (secondary N) is 1. The van der Waals surface area contributed by atoms with Crippen LogP contribution in [-0.4, -0.2) is 32.2 Å². The van der Waals surface area contributed by atoms with Gasteiger partial charge in [-0.05, 0) is 72.7 Å². The van der Waals surface area contributed by atoms with Crippen LogP contribution in [0.2, 0.25) is 0 Å². The molecule has 0 bridgehead atoms. The Bertz CT molecular complexity index is 1150. The van der Waals surface area contributed by atoms with Crippen molar-refractivity contribution in [3.63, 3.8) is 0 Å². The van der Waals surface area contributed by atoms with Crippen LogP contribution in [0.1, 0.15) is 33.3 Å². The fraction of sp³-hybridized carbons (Fsp3) is 0.261. The predicted octanol–water partition coefficient (Wildman–Crippen LogP) is 4.71. The van der Waals surface area contributed by atoms with Gasteiger partial charge in [-0.25, -0.2) is 4.79 Å². The maximum Gasteiger partial charge on any atom is 0.341 e. The van der Waals surface area contributed by atoms with E-state index >= 15 is 0 Å². The smallest absolute Gasteiger partial charge is 0.341 e. The quantitative estimate of drug-likeness (QED) is 0.164.